The number of aliphatic hydroxyl groups is 1. The zero-order chi connectivity index (χ0) is 43.6. The molecule has 2 aliphatic carbocycles. The molecule has 2 heterocycles. The second kappa shape index (κ2) is 15.1. The number of fused-ring (bicyclic) bond motifs is 4. The van der Waals surface area contributed by atoms with Crippen LogP contribution in [0.4, 0.5) is 45.5 Å². The molecule has 0 spiro atoms. The van der Waals surface area contributed by atoms with Crippen molar-refractivity contribution in [3.05, 3.63) is 106 Å². The molecule has 312 valence electrons. The number of amides is 4. The van der Waals surface area contributed by atoms with Gasteiger partial charge < -0.3 is 19.6 Å². The van der Waals surface area contributed by atoms with Crippen LogP contribution in [0.5, 0.6) is 5.75 Å². The van der Waals surface area contributed by atoms with Crippen LogP contribution in [-0.2, 0) is 19.2 Å². The van der Waals surface area contributed by atoms with E-state index < -0.39 is 113 Å². The van der Waals surface area contributed by atoms with Crippen LogP contribution in [0, 0.1) is 70.0 Å². The lowest BCUT2D eigenvalue weighted by atomic mass is 9.57. The van der Waals surface area contributed by atoms with Gasteiger partial charge in [0.15, 0.2) is 11.4 Å². The van der Waals surface area contributed by atoms with Gasteiger partial charge in [0.1, 0.15) is 12.4 Å². The molecular formula is C38H36N8O14. The van der Waals surface area contributed by atoms with E-state index in [1.54, 1.807) is 30.3 Å². The third-order valence-corrected chi connectivity index (χ3v) is 11.6. The van der Waals surface area contributed by atoms with Gasteiger partial charge in [0.2, 0.25) is 23.6 Å². The van der Waals surface area contributed by atoms with Crippen molar-refractivity contribution < 1.29 is 48.7 Å². The molecule has 4 amide bonds. The van der Waals surface area contributed by atoms with Crippen LogP contribution < -0.4 is 24.3 Å². The molecule has 3 aromatic carbocycles. The van der Waals surface area contributed by atoms with Crippen molar-refractivity contribution in [2.75, 3.05) is 61.0 Å². The highest BCUT2D eigenvalue weighted by Gasteiger charge is 2.63. The maximum atomic E-state index is 14.7. The van der Waals surface area contributed by atoms with Gasteiger partial charge in [-0.05, 0) is 24.8 Å². The Morgan fingerprint density at radius 3 is 1.57 bits per heavy atom. The lowest BCUT2D eigenvalue weighted by Crippen LogP contribution is -2.43. The summed E-state index contributed by atoms with van der Waals surface area (Å²) >= 11 is 0. The number of aliphatic hydroxyl groups excluding tert-OH is 1. The van der Waals surface area contributed by atoms with Gasteiger partial charge >= 0.3 is 22.7 Å². The second-order valence-corrected chi connectivity index (χ2v) is 15.1. The first-order chi connectivity index (χ1) is 28.4. The number of nitro groups is 4. The predicted molar refractivity (Wildman–Crippen MR) is 210 cm³/mol. The van der Waals surface area contributed by atoms with Gasteiger partial charge in [-0.1, -0.05) is 29.8 Å². The number of benzene rings is 3. The Kier molecular flexibility index (Phi) is 10.3. The average molecular weight is 829 g/mol. The van der Waals surface area contributed by atoms with Crippen LogP contribution in [0.15, 0.2) is 60.2 Å². The first-order valence-corrected chi connectivity index (χ1v) is 18.5. The van der Waals surface area contributed by atoms with Crippen molar-refractivity contribution in [3.63, 3.8) is 0 Å². The third-order valence-electron chi connectivity index (χ3n) is 11.6. The van der Waals surface area contributed by atoms with E-state index >= 15 is 0 Å². The maximum Gasteiger partial charge on any atom is 0.301 e. The normalized spacial score (nSPS) is 23.1. The minimum Gasteiger partial charge on any atom is -0.491 e. The SMILES string of the molecule is CN(C)c1c([N+](=O)[O-])cc(N2C(=O)[C@H]3[C@H](CC=C4[C@H]3C[C@H]3C(=O)N(c5cc([N+](=O)[O-])c(N(C)C)c([N+](=O)[O-])c5)C(=O)[C@H]3[C@H]4c3ccccc3OCCO)C2=O)cc1[N+](=O)[O-]. The molecule has 3 aromatic rings. The minimum atomic E-state index is -1.25. The predicted octanol–water partition coefficient (Wildman–Crippen LogP) is 3.87. The number of hydrogen-bond acceptors (Lipinski definition) is 16. The van der Waals surface area contributed by atoms with Crippen molar-refractivity contribution in [2.45, 2.75) is 18.8 Å². The number of carbonyl (C=O) groups is 4. The summed E-state index contributed by atoms with van der Waals surface area (Å²) in [6.07, 6.45) is 1.41. The topological polar surface area (TPSA) is 283 Å². The Morgan fingerprint density at radius 2 is 1.12 bits per heavy atom. The lowest BCUT2D eigenvalue weighted by Gasteiger charge is -2.44. The van der Waals surface area contributed by atoms with Gasteiger partial charge in [-0.2, -0.15) is 0 Å². The molecule has 1 N–H and O–H groups in total. The number of imide groups is 2. The van der Waals surface area contributed by atoms with Crippen LogP contribution in [0.1, 0.15) is 24.3 Å². The van der Waals surface area contributed by atoms with Crippen molar-refractivity contribution in [2.24, 2.45) is 29.6 Å². The molecule has 7 rings (SSSR count). The standard InChI is InChI=1S/C38H36N8O14/c1-39(2)33-25(43(52)53)13-18(14-26(33)44(54)55)41-35(48)22-10-9-20-23(31(22)37(41)50)17-24-32(30(20)21-7-5-6-8-29(21)60-12-11-47)38(51)42(36(24)49)19-15-27(45(56)57)34(40(3)4)28(16-19)46(58)59/h5-9,13-16,22-24,30-32,47H,10-12,17H2,1-4H3/t22-,23+,24+,30+,31-,32+/m0/s1. The highest BCUT2D eigenvalue weighted by atomic mass is 16.6. The summed E-state index contributed by atoms with van der Waals surface area (Å²) in [4.78, 5) is 107. The Bertz CT molecular complexity index is 2400. The molecule has 0 unspecified atom stereocenters. The summed E-state index contributed by atoms with van der Waals surface area (Å²) < 4.78 is 5.86. The smallest absolute Gasteiger partial charge is 0.301 e. The van der Waals surface area contributed by atoms with Crippen molar-refractivity contribution >= 4 is 69.1 Å². The second-order valence-electron chi connectivity index (χ2n) is 15.1. The number of nitro benzene ring substituents is 4. The summed E-state index contributed by atoms with van der Waals surface area (Å²) in [6, 6.07) is 10.1. The summed E-state index contributed by atoms with van der Waals surface area (Å²) in [5.41, 5.74) is -3.66. The number of nitrogens with zero attached hydrogens (tertiary/aromatic N) is 8. The number of allylic oxidation sites excluding steroid dienone is 2. The number of hydrogen-bond donors (Lipinski definition) is 1. The number of rotatable bonds is 12. The quantitative estimate of drug-likeness (QED) is 0.117. The number of anilines is 4. The Hall–Kier alpha value is -7.36. The highest BCUT2D eigenvalue weighted by molar-refractivity contribution is 6.24. The first-order valence-electron chi connectivity index (χ1n) is 18.5. The van der Waals surface area contributed by atoms with E-state index in [1.165, 1.54) is 33.1 Å². The number of ether oxygens (including phenoxy) is 1. The fourth-order valence-corrected chi connectivity index (χ4v) is 9.38. The van der Waals surface area contributed by atoms with Crippen LogP contribution >= 0.6 is 0 Å². The van der Waals surface area contributed by atoms with E-state index in [2.05, 4.69) is 0 Å². The monoisotopic (exact) mass is 828 g/mol. The highest BCUT2D eigenvalue weighted by Crippen LogP contribution is 2.60. The lowest BCUT2D eigenvalue weighted by molar-refractivity contribution is -0.392. The van der Waals surface area contributed by atoms with E-state index in [9.17, 15) is 64.7 Å². The van der Waals surface area contributed by atoms with Gasteiger partial charge in [-0.25, -0.2) is 9.80 Å². The Morgan fingerprint density at radius 1 is 0.667 bits per heavy atom. The van der Waals surface area contributed by atoms with Crippen molar-refractivity contribution in [3.8, 4) is 5.75 Å². The molecule has 1 saturated carbocycles. The van der Waals surface area contributed by atoms with Gasteiger partial charge in [0.25, 0.3) is 0 Å². The molecule has 22 nitrogen and oxygen atoms in total. The van der Waals surface area contributed by atoms with E-state index in [0.717, 1.165) is 29.2 Å². The fourth-order valence-electron chi connectivity index (χ4n) is 9.38. The number of para-hydroxylation sites is 1. The van der Waals surface area contributed by atoms with Crippen LogP contribution in [0.2, 0.25) is 0 Å². The van der Waals surface area contributed by atoms with Crippen LogP contribution in [0.25, 0.3) is 0 Å². The molecule has 0 radical (unpaired) electrons. The van der Waals surface area contributed by atoms with Crippen molar-refractivity contribution in [1.29, 1.82) is 0 Å². The zero-order valence-corrected chi connectivity index (χ0v) is 32.3. The summed E-state index contributed by atoms with van der Waals surface area (Å²) in [5, 5.41) is 58.5. The first kappa shape index (κ1) is 40.8. The van der Waals surface area contributed by atoms with E-state index in [4.69, 9.17) is 4.74 Å². The van der Waals surface area contributed by atoms with Crippen LogP contribution in [0.3, 0.4) is 0 Å². The summed E-state index contributed by atoms with van der Waals surface area (Å²) in [6.45, 7) is -0.549. The summed E-state index contributed by atoms with van der Waals surface area (Å²) in [5.74, 6) is -9.88. The Balaban J connectivity index is 1.38. The maximum absolute atomic E-state index is 14.7. The third kappa shape index (κ3) is 6.31. The molecule has 2 saturated heterocycles. The zero-order valence-electron chi connectivity index (χ0n) is 32.3. The minimum absolute atomic E-state index is 0.0681. The molecule has 4 aliphatic rings. The molecule has 60 heavy (non-hydrogen) atoms. The number of carbonyl (C=O) groups excluding carboxylic acids is 4. The van der Waals surface area contributed by atoms with E-state index in [-0.39, 0.29) is 43.2 Å². The molecule has 22 heteroatoms. The summed E-state index contributed by atoms with van der Waals surface area (Å²) in [7, 11) is 5.44. The van der Waals surface area contributed by atoms with Gasteiger partial charge in [0.05, 0.1) is 61.3 Å². The molecule has 0 aromatic heterocycles. The van der Waals surface area contributed by atoms with E-state index in [1.807, 2.05) is 0 Å². The van der Waals surface area contributed by atoms with Gasteiger partial charge in [-0.3, -0.25) is 59.6 Å². The van der Waals surface area contributed by atoms with Gasteiger partial charge in [-0.15, -0.1) is 0 Å². The molecule has 0 bridgehead atoms. The Labute approximate surface area is 338 Å². The average Bonchev–Trinajstić information content (AvgIpc) is 3.61. The van der Waals surface area contributed by atoms with Crippen molar-refractivity contribution in [1.82, 2.24) is 0 Å². The molecular weight excluding hydrogens is 792 g/mol. The fraction of sp³-hybridized carbons (Fsp3) is 0.368. The van der Waals surface area contributed by atoms with Crippen LogP contribution in [-0.4, -0.2) is 89.8 Å². The molecule has 2 aliphatic heterocycles. The molecule has 6 atom stereocenters. The van der Waals surface area contributed by atoms with Gasteiger partial charge in [0, 0.05) is 63.9 Å². The largest absolute Gasteiger partial charge is 0.491 e. The molecule has 3 fully saturated rings. The van der Waals surface area contributed by atoms with E-state index in [0.29, 0.717) is 20.9 Å².